The first-order chi connectivity index (χ1) is 14.0. The number of nitrogens with zero attached hydrogens (tertiary/aromatic N) is 1. The van der Waals surface area contributed by atoms with E-state index in [1.54, 1.807) is 36.4 Å². The number of benzene rings is 3. The first-order valence-corrected chi connectivity index (χ1v) is 8.88. The van der Waals surface area contributed by atoms with Crippen LogP contribution in [0.5, 0.6) is 5.75 Å². The molecule has 5 nitrogen and oxygen atoms in total. The number of hydrogen-bond donors (Lipinski definition) is 2. The van der Waals surface area contributed by atoms with Crippen molar-refractivity contribution in [3.05, 3.63) is 101 Å². The first kappa shape index (κ1) is 18.4. The van der Waals surface area contributed by atoms with Crippen LogP contribution < -0.4 is 4.90 Å². The average Bonchev–Trinajstić information content (AvgIpc) is 3.00. The molecule has 1 amide bonds. The molecule has 1 atom stereocenters. The van der Waals surface area contributed by atoms with Crippen molar-refractivity contribution in [3.63, 3.8) is 0 Å². The number of rotatable bonds is 3. The van der Waals surface area contributed by atoms with Gasteiger partial charge in [0.15, 0.2) is 0 Å². The molecule has 1 fully saturated rings. The molecule has 3 aromatic rings. The number of ketones is 1. The van der Waals surface area contributed by atoms with Gasteiger partial charge in [-0.15, -0.1) is 0 Å². The van der Waals surface area contributed by atoms with Gasteiger partial charge in [0, 0.05) is 11.3 Å². The quantitative estimate of drug-likeness (QED) is 0.401. The molecule has 0 saturated carbocycles. The lowest BCUT2D eigenvalue weighted by atomic mass is 9.95. The standard InChI is InChI=1S/C23H16FNO4/c24-16-8-4-7-15(13-16)20-19(21(27)14-5-2-1-3-6-14)22(28)23(29)25(20)17-9-11-18(26)12-10-17/h1-13,20,26-27H/b21-19+. The summed E-state index contributed by atoms with van der Waals surface area (Å²) in [7, 11) is 0. The second-order valence-corrected chi connectivity index (χ2v) is 6.61. The first-order valence-electron chi connectivity index (χ1n) is 8.88. The fraction of sp³-hybridized carbons (Fsp3) is 0.0435. The van der Waals surface area contributed by atoms with Gasteiger partial charge >= 0.3 is 0 Å². The number of Topliss-reactive ketones (excluding diaryl/α,β-unsaturated/α-hetero) is 1. The monoisotopic (exact) mass is 389 g/mol. The maximum Gasteiger partial charge on any atom is 0.300 e. The van der Waals surface area contributed by atoms with Crippen molar-refractivity contribution < 1.29 is 24.2 Å². The van der Waals surface area contributed by atoms with E-state index in [0.717, 1.165) is 0 Å². The molecule has 0 spiro atoms. The largest absolute Gasteiger partial charge is 0.508 e. The molecule has 1 aliphatic rings. The second kappa shape index (κ2) is 7.24. The number of phenols is 1. The normalized spacial score (nSPS) is 18.2. The summed E-state index contributed by atoms with van der Waals surface area (Å²) in [6.45, 7) is 0. The lowest BCUT2D eigenvalue weighted by molar-refractivity contribution is -0.132. The minimum Gasteiger partial charge on any atom is -0.508 e. The van der Waals surface area contributed by atoms with Crippen molar-refractivity contribution >= 4 is 23.1 Å². The van der Waals surface area contributed by atoms with Crippen molar-refractivity contribution in [2.45, 2.75) is 6.04 Å². The molecule has 1 saturated heterocycles. The molecule has 1 heterocycles. The molecule has 0 aromatic heterocycles. The minimum atomic E-state index is -1.02. The Morgan fingerprint density at radius 3 is 2.24 bits per heavy atom. The predicted molar refractivity (Wildman–Crippen MR) is 106 cm³/mol. The van der Waals surface area contributed by atoms with E-state index in [4.69, 9.17) is 0 Å². The molecule has 1 unspecified atom stereocenters. The van der Waals surface area contributed by atoms with E-state index >= 15 is 0 Å². The van der Waals surface area contributed by atoms with Crippen LogP contribution in [-0.4, -0.2) is 21.9 Å². The van der Waals surface area contributed by atoms with Crippen molar-refractivity contribution in [1.82, 2.24) is 0 Å². The number of aliphatic hydroxyl groups is 1. The van der Waals surface area contributed by atoms with Crippen LogP contribution in [0.2, 0.25) is 0 Å². The van der Waals surface area contributed by atoms with Crippen LogP contribution in [0, 0.1) is 5.82 Å². The molecule has 1 aliphatic heterocycles. The number of carbonyl (C=O) groups excluding carboxylic acids is 2. The van der Waals surface area contributed by atoms with Crippen LogP contribution >= 0.6 is 0 Å². The van der Waals surface area contributed by atoms with E-state index in [-0.39, 0.29) is 17.1 Å². The summed E-state index contributed by atoms with van der Waals surface area (Å²) in [5.41, 5.74) is 0.929. The Labute approximate surface area is 166 Å². The van der Waals surface area contributed by atoms with Gasteiger partial charge in [-0.2, -0.15) is 0 Å². The molecular weight excluding hydrogens is 373 g/mol. The lowest BCUT2D eigenvalue weighted by Gasteiger charge is -2.25. The number of hydrogen-bond acceptors (Lipinski definition) is 4. The molecule has 2 N–H and O–H groups in total. The van der Waals surface area contributed by atoms with Crippen LogP contribution in [0.3, 0.4) is 0 Å². The number of phenolic OH excluding ortho intramolecular Hbond substituents is 1. The number of aliphatic hydroxyl groups excluding tert-OH is 1. The Bertz CT molecular complexity index is 1120. The molecule has 29 heavy (non-hydrogen) atoms. The second-order valence-electron chi connectivity index (χ2n) is 6.61. The highest BCUT2D eigenvalue weighted by molar-refractivity contribution is 6.51. The van der Waals surface area contributed by atoms with E-state index in [1.807, 2.05) is 0 Å². The number of carbonyl (C=O) groups is 2. The summed E-state index contributed by atoms with van der Waals surface area (Å²) in [6.07, 6.45) is 0. The van der Waals surface area contributed by atoms with Gasteiger partial charge in [-0.3, -0.25) is 14.5 Å². The maximum atomic E-state index is 13.9. The molecule has 0 bridgehead atoms. The van der Waals surface area contributed by atoms with E-state index in [1.165, 1.54) is 47.4 Å². The van der Waals surface area contributed by atoms with Gasteiger partial charge in [-0.1, -0.05) is 42.5 Å². The van der Waals surface area contributed by atoms with E-state index in [2.05, 4.69) is 0 Å². The average molecular weight is 389 g/mol. The van der Waals surface area contributed by atoms with Crippen molar-refractivity contribution in [1.29, 1.82) is 0 Å². The molecule has 4 rings (SSSR count). The van der Waals surface area contributed by atoms with Gasteiger partial charge in [-0.05, 0) is 42.0 Å². The summed E-state index contributed by atoms with van der Waals surface area (Å²) in [4.78, 5) is 27.0. The Balaban J connectivity index is 1.96. The summed E-state index contributed by atoms with van der Waals surface area (Å²) in [6, 6.07) is 18.6. The SMILES string of the molecule is O=C1C(=O)N(c2ccc(O)cc2)C(c2cccc(F)c2)/C1=C(\O)c1ccccc1. The fourth-order valence-electron chi connectivity index (χ4n) is 3.46. The summed E-state index contributed by atoms with van der Waals surface area (Å²) in [5, 5.41) is 20.4. The number of amides is 1. The fourth-order valence-corrected chi connectivity index (χ4v) is 3.46. The topological polar surface area (TPSA) is 77.8 Å². The third kappa shape index (κ3) is 3.25. The molecular formula is C23H16FNO4. The van der Waals surface area contributed by atoms with Crippen LogP contribution in [0.4, 0.5) is 10.1 Å². The molecule has 144 valence electrons. The van der Waals surface area contributed by atoms with Crippen LogP contribution in [0.15, 0.2) is 84.4 Å². The van der Waals surface area contributed by atoms with Gasteiger partial charge in [0.25, 0.3) is 11.7 Å². The summed E-state index contributed by atoms with van der Waals surface area (Å²) < 4.78 is 13.9. The smallest absolute Gasteiger partial charge is 0.300 e. The van der Waals surface area contributed by atoms with Gasteiger partial charge in [-0.25, -0.2) is 4.39 Å². The molecule has 3 aromatic carbocycles. The van der Waals surface area contributed by atoms with Gasteiger partial charge in [0.2, 0.25) is 0 Å². The number of halogens is 1. The highest BCUT2D eigenvalue weighted by atomic mass is 19.1. The molecule has 0 radical (unpaired) electrons. The van der Waals surface area contributed by atoms with E-state index < -0.39 is 23.5 Å². The van der Waals surface area contributed by atoms with Crippen molar-refractivity contribution in [2.75, 3.05) is 4.90 Å². The van der Waals surface area contributed by atoms with Gasteiger partial charge < -0.3 is 10.2 Å². The van der Waals surface area contributed by atoms with Crippen LogP contribution in [0.1, 0.15) is 17.2 Å². The van der Waals surface area contributed by atoms with Crippen molar-refractivity contribution in [3.8, 4) is 5.75 Å². The highest BCUT2D eigenvalue weighted by Gasteiger charge is 2.47. The zero-order valence-corrected chi connectivity index (χ0v) is 15.1. The zero-order valence-electron chi connectivity index (χ0n) is 15.1. The van der Waals surface area contributed by atoms with Gasteiger partial charge in [0.05, 0.1) is 11.6 Å². The van der Waals surface area contributed by atoms with E-state index in [9.17, 15) is 24.2 Å². The number of aromatic hydroxyl groups is 1. The third-order valence-corrected chi connectivity index (χ3v) is 4.78. The Morgan fingerprint density at radius 2 is 1.59 bits per heavy atom. The number of anilines is 1. The summed E-state index contributed by atoms with van der Waals surface area (Å²) in [5.74, 6) is -2.58. The van der Waals surface area contributed by atoms with E-state index in [0.29, 0.717) is 16.8 Å². The molecule has 0 aliphatic carbocycles. The lowest BCUT2D eigenvalue weighted by Crippen LogP contribution is -2.29. The Hall–Kier alpha value is -3.93. The minimum absolute atomic E-state index is 0.00285. The Morgan fingerprint density at radius 1 is 0.897 bits per heavy atom. The molecule has 6 heteroatoms. The summed E-state index contributed by atoms with van der Waals surface area (Å²) >= 11 is 0. The highest BCUT2D eigenvalue weighted by Crippen LogP contribution is 2.42. The van der Waals surface area contributed by atoms with Crippen LogP contribution in [-0.2, 0) is 9.59 Å². The van der Waals surface area contributed by atoms with Crippen LogP contribution in [0.25, 0.3) is 5.76 Å². The third-order valence-electron chi connectivity index (χ3n) is 4.78. The van der Waals surface area contributed by atoms with Crippen molar-refractivity contribution in [2.24, 2.45) is 0 Å². The predicted octanol–water partition coefficient (Wildman–Crippen LogP) is 4.16. The maximum absolute atomic E-state index is 13.9. The Kier molecular flexibility index (Phi) is 4.60. The zero-order chi connectivity index (χ0) is 20.5. The van der Waals surface area contributed by atoms with Gasteiger partial charge in [0.1, 0.15) is 17.3 Å².